The Morgan fingerprint density at radius 3 is 2.68 bits per heavy atom. The van der Waals surface area contributed by atoms with Crippen molar-refractivity contribution in [3.8, 4) is 17.6 Å². The van der Waals surface area contributed by atoms with E-state index in [1.807, 2.05) is 6.92 Å². The lowest BCUT2D eigenvalue weighted by molar-refractivity contribution is -0.121. The highest BCUT2D eigenvalue weighted by Gasteiger charge is 2.18. The minimum atomic E-state index is -0.722. The van der Waals surface area contributed by atoms with Crippen LogP contribution in [-0.2, 0) is 4.79 Å². The van der Waals surface area contributed by atoms with Crippen molar-refractivity contribution in [3.05, 3.63) is 23.8 Å². The highest BCUT2D eigenvalue weighted by molar-refractivity contribution is 5.77. The van der Waals surface area contributed by atoms with E-state index in [1.54, 1.807) is 25.3 Å². The van der Waals surface area contributed by atoms with Gasteiger partial charge in [0, 0.05) is 18.1 Å². The molecule has 0 fully saturated rings. The monoisotopic (exact) mass is 262 g/mol. The molecule has 0 aliphatic rings. The van der Waals surface area contributed by atoms with Gasteiger partial charge in [-0.1, -0.05) is 6.92 Å². The smallest absolute Gasteiger partial charge is 0.221 e. The van der Waals surface area contributed by atoms with Gasteiger partial charge in [-0.15, -0.1) is 0 Å². The van der Waals surface area contributed by atoms with E-state index in [2.05, 4.69) is 11.4 Å². The third-order valence-corrected chi connectivity index (χ3v) is 2.66. The number of nitriles is 1. The maximum absolute atomic E-state index is 11.6. The van der Waals surface area contributed by atoms with Crippen LogP contribution in [0.3, 0.4) is 0 Å². The van der Waals surface area contributed by atoms with Crippen molar-refractivity contribution in [1.82, 2.24) is 5.32 Å². The Hall–Kier alpha value is -2.22. The summed E-state index contributed by atoms with van der Waals surface area (Å²) in [6.45, 7) is 1.91. The first kappa shape index (κ1) is 14.8. The lowest BCUT2D eigenvalue weighted by atomic mass is 10.1. The van der Waals surface area contributed by atoms with Gasteiger partial charge in [-0.05, 0) is 18.6 Å². The number of amides is 1. The van der Waals surface area contributed by atoms with E-state index < -0.39 is 6.04 Å². The highest BCUT2D eigenvalue weighted by Crippen LogP contribution is 2.29. The minimum absolute atomic E-state index is 0.146. The van der Waals surface area contributed by atoms with Gasteiger partial charge >= 0.3 is 0 Å². The molecule has 0 aliphatic heterocycles. The summed E-state index contributed by atoms with van der Waals surface area (Å²) in [6, 6.07) is 6.48. The molecule has 0 heterocycles. The fourth-order valence-electron chi connectivity index (χ4n) is 1.70. The van der Waals surface area contributed by atoms with Crippen molar-refractivity contribution >= 4 is 5.91 Å². The maximum atomic E-state index is 11.6. The molecular weight excluding hydrogens is 244 g/mol. The van der Waals surface area contributed by atoms with Crippen LogP contribution in [0.15, 0.2) is 18.2 Å². The van der Waals surface area contributed by atoms with E-state index in [0.717, 1.165) is 6.42 Å². The van der Waals surface area contributed by atoms with Crippen molar-refractivity contribution in [3.63, 3.8) is 0 Å². The zero-order valence-electron chi connectivity index (χ0n) is 11.4. The van der Waals surface area contributed by atoms with Crippen molar-refractivity contribution in [1.29, 1.82) is 5.26 Å². The third kappa shape index (κ3) is 3.88. The number of nitrogens with one attached hydrogen (secondary N) is 1. The summed E-state index contributed by atoms with van der Waals surface area (Å²) < 4.78 is 10.3. The largest absolute Gasteiger partial charge is 0.497 e. The summed E-state index contributed by atoms with van der Waals surface area (Å²) in [6.07, 6.45) is 1.14. The van der Waals surface area contributed by atoms with E-state index in [1.165, 1.54) is 7.11 Å². The third-order valence-electron chi connectivity index (χ3n) is 2.66. The Bertz CT molecular complexity index is 480. The van der Waals surface area contributed by atoms with Gasteiger partial charge in [0.05, 0.1) is 20.3 Å². The molecule has 0 bridgehead atoms. The van der Waals surface area contributed by atoms with E-state index in [0.29, 0.717) is 23.5 Å². The Kier molecular flexibility index (Phi) is 5.68. The molecule has 1 N–H and O–H groups in total. The van der Waals surface area contributed by atoms with Crippen LogP contribution in [0.25, 0.3) is 0 Å². The Balaban J connectivity index is 2.98. The van der Waals surface area contributed by atoms with Gasteiger partial charge in [-0.25, -0.2) is 0 Å². The highest BCUT2D eigenvalue weighted by atomic mass is 16.5. The van der Waals surface area contributed by atoms with Crippen LogP contribution in [-0.4, -0.2) is 20.1 Å². The Morgan fingerprint density at radius 2 is 2.16 bits per heavy atom. The minimum Gasteiger partial charge on any atom is -0.497 e. The van der Waals surface area contributed by atoms with Gasteiger partial charge in [-0.2, -0.15) is 5.26 Å². The quantitative estimate of drug-likeness (QED) is 0.853. The van der Waals surface area contributed by atoms with Crippen molar-refractivity contribution in [2.75, 3.05) is 14.2 Å². The summed E-state index contributed by atoms with van der Waals surface area (Å²) in [4.78, 5) is 11.6. The molecule has 0 aromatic heterocycles. The summed E-state index contributed by atoms with van der Waals surface area (Å²) >= 11 is 0. The molecule has 1 aromatic rings. The topological polar surface area (TPSA) is 71.4 Å². The van der Waals surface area contributed by atoms with E-state index in [-0.39, 0.29) is 5.91 Å². The number of rotatable bonds is 6. The molecule has 0 spiro atoms. The first-order chi connectivity index (χ1) is 9.15. The average molecular weight is 262 g/mol. The lowest BCUT2D eigenvalue weighted by Gasteiger charge is -2.16. The average Bonchev–Trinajstić information content (AvgIpc) is 2.44. The van der Waals surface area contributed by atoms with Crippen molar-refractivity contribution in [2.24, 2.45) is 0 Å². The van der Waals surface area contributed by atoms with Crippen LogP contribution in [0.5, 0.6) is 11.5 Å². The SMILES string of the molecule is CCCC(=O)NC(C#N)c1ccc(OC)cc1OC. The van der Waals surface area contributed by atoms with Crippen LogP contribution >= 0.6 is 0 Å². The van der Waals surface area contributed by atoms with Gasteiger partial charge in [0.15, 0.2) is 0 Å². The second-order valence-electron chi connectivity index (χ2n) is 3.99. The predicted octanol–water partition coefficient (Wildman–Crippen LogP) is 2.18. The first-order valence-corrected chi connectivity index (χ1v) is 6.07. The molecule has 0 saturated carbocycles. The predicted molar refractivity (Wildman–Crippen MR) is 71.0 cm³/mol. The van der Waals surface area contributed by atoms with Crippen LogP contribution in [0.2, 0.25) is 0 Å². The fraction of sp³-hybridized carbons (Fsp3) is 0.429. The molecule has 1 unspecified atom stereocenters. The van der Waals surface area contributed by atoms with Gasteiger partial charge in [0.2, 0.25) is 5.91 Å². The summed E-state index contributed by atoms with van der Waals surface area (Å²) in [7, 11) is 3.07. The normalized spacial score (nSPS) is 11.3. The summed E-state index contributed by atoms with van der Waals surface area (Å²) in [5.41, 5.74) is 0.621. The van der Waals surface area contributed by atoms with Crippen molar-refractivity contribution in [2.45, 2.75) is 25.8 Å². The number of methoxy groups -OCH3 is 2. The molecule has 0 aliphatic carbocycles. The molecule has 5 heteroatoms. The number of ether oxygens (including phenoxy) is 2. The molecule has 1 aromatic carbocycles. The maximum Gasteiger partial charge on any atom is 0.221 e. The van der Waals surface area contributed by atoms with Gasteiger partial charge in [0.25, 0.3) is 0 Å². The Morgan fingerprint density at radius 1 is 1.42 bits per heavy atom. The van der Waals surface area contributed by atoms with Crippen molar-refractivity contribution < 1.29 is 14.3 Å². The van der Waals surface area contributed by atoms with E-state index in [9.17, 15) is 10.1 Å². The first-order valence-electron chi connectivity index (χ1n) is 6.07. The van der Waals surface area contributed by atoms with Gasteiger partial charge in [-0.3, -0.25) is 4.79 Å². The molecule has 0 radical (unpaired) electrons. The zero-order valence-corrected chi connectivity index (χ0v) is 11.4. The standard InChI is InChI=1S/C14H18N2O3/c1-4-5-14(17)16-12(9-15)11-7-6-10(18-2)8-13(11)19-3/h6-8,12H,4-5H2,1-3H3,(H,16,17). The number of benzene rings is 1. The number of nitrogens with zero attached hydrogens (tertiary/aromatic N) is 1. The number of hydrogen-bond acceptors (Lipinski definition) is 4. The molecule has 1 atom stereocenters. The van der Waals surface area contributed by atoms with Gasteiger partial charge < -0.3 is 14.8 Å². The fourth-order valence-corrected chi connectivity index (χ4v) is 1.70. The second-order valence-corrected chi connectivity index (χ2v) is 3.99. The molecule has 1 amide bonds. The molecule has 1 rings (SSSR count). The van der Waals surface area contributed by atoms with Crippen LogP contribution in [0.1, 0.15) is 31.4 Å². The van der Waals surface area contributed by atoms with Gasteiger partial charge in [0.1, 0.15) is 17.5 Å². The molecule has 19 heavy (non-hydrogen) atoms. The zero-order chi connectivity index (χ0) is 14.3. The number of hydrogen-bond donors (Lipinski definition) is 1. The Labute approximate surface area is 113 Å². The summed E-state index contributed by atoms with van der Waals surface area (Å²) in [5, 5.41) is 11.9. The molecule has 102 valence electrons. The lowest BCUT2D eigenvalue weighted by Crippen LogP contribution is -2.27. The van der Waals surface area contributed by atoms with E-state index in [4.69, 9.17) is 9.47 Å². The number of carbonyl (C=O) groups is 1. The molecular formula is C14H18N2O3. The second kappa shape index (κ2) is 7.27. The van der Waals surface area contributed by atoms with Crippen LogP contribution in [0.4, 0.5) is 0 Å². The number of carbonyl (C=O) groups excluding carboxylic acids is 1. The summed E-state index contributed by atoms with van der Waals surface area (Å²) in [5.74, 6) is 1.01. The molecule has 5 nitrogen and oxygen atoms in total. The van der Waals surface area contributed by atoms with Crippen LogP contribution in [0, 0.1) is 11.3 Å². The molecule has 0 saturated heterocycles. The van der Waals surface area contributed by atoms with E-state index >= 15 is 0 Å². The van der Waals surface area contributed by atoms with Crippen LogP contribution < -0.4 is 14.8 Å².